The van der Waals surface area contributed by atoms with Gasteiger partial charge in [-0.3, -0.25) is 9.59 Å². The van der Waals surface area contributed by atoms with Gasteiger partial charge in [-0.25, -0.2) is 14.6 Å². The van der Waals surface area contributed by atoms with E-state index in [1.54, 1.807) is 18.2 Å². The highest BCUT2D eigenvalue weighted by Crippen LogP contribution is 2.26. The summed E-state index contributed by atoms with van der Waals surface area (Å²) in [4.78, 5) is 53.9. The number of carbonyl (C=O) groups excluding carboxylic acids is 2. The Labute approximate surface area is 239 Å². The van der Waals surface area contributed by atoms with Crippen molar-refractivity contribution in [2.24, 2.45) is 0 Å². The number of aliphatic carboxylic acids is 1. The average Bonchev–Trinajstić information content (AvgIpc) is 3.37. The van der Waals surface area contributed by atoms with Gasteiger partial charge in [-0.05, 0) is 54.5 Å². The van der Waals surface area contributed by atoms with E-state index in [-0.39, 0.29) is 29.1 Å². The minimum absolute atomic E-state index is 0.0242. The van der Waals surface area contributed by atoms with E-state index < -0.39 is 29.5 Å². The molecule has 0 saturated carbocycles. The van der Waals surface area contributed by atoms with Crippen LogP contribution < -0.4 is 16.3 Å². The third-order valence-corrected chi connectivity index (χ3v) is 6.30. The Hall–Kier alpha value is -5.77. The Morgan fingerprint density at radius 3 is 2.62 bits per heavy atom. The first kappa shape index (κ1) is 27.8. The summed E-state index contributed by atoms with van der Waals surface area (Å²) in [5.74, 6) is -2.51. The first-order valence-electron chi connectivity index (χ1n) is 12.9. The van der Waals surface area contributed by atoms with Gasteiger partial charge in [0.05, 0.1) is 0 Å². The number of nitrogens with one attached hydrogen (secondary N) is 2. The lowest BCUT2D eigenvalue weighted by Crippen LogP contribution is -2.48. The molecule has 2 aromatic carbocycles. The topological polar surface area (TPSA) is 152 Å². The fourth-order valence-electron chi connectivity index (χ4n) is 4.12. The van der Waals surface area contributed by atoms with Crippen molar-refractivity contribution in [1.82, 2.24) is 15.6 Å². The highest BCUT2D eigenvalue weighted by Gasteiger charge is 2.22. The minimum Gasteiger partial charge on any atom is -0.480 e. The highest BCUT2D eigenvalue weighted by atomic mass is 16.4. The monoisotopic (exact) mass is 563 g/mol. The quantitative estimate of drug-likeness (QED) is 0.211. The van der Waals surface area contributed by atoms with E-state index >= 15 is 0 Å². The molecular weight excluding hydrogens is 538 g/mol. The lowest BCUT2D eigenvalue weighted by molar-refractivity contribution is -0.139. The van der Waals surface area contributed by atoms with Crippen LogP contribution in [0.15, 0.2) is 116 Å². The van der Waals surface area contributed by atoms with Gasteiger partial charge >= 0.3 is 11.6 Å². The summed E-state index contributed by atoms with van der Waals surface area (Å²) >= 11 is 0. The number of oxazole rings is 1. The molecule has 2 aromatic heterocycles. The number of amides is 2. The smallest absolute Gasteiger partial charge is 0.349 e. The van der Waals surface area contributed by atoms with E-state index in [9.17, 15) is 24.3 Å². The molecule has 2 heterocycles. The molecule has 42 heavy (non-hydrogen) atoms. The summed E-state index contributed by atoms with van der Waals surface area (Å²) in [6, 6.07) is 10.1. The number of hydrogen-bond acceptors (Lipinski definition) is 7. The number of benzene rings is 2. The number of nitrogens with zero attached hydrogens (tertiary/aromatic N) is 1. The van der Waals surface area contributed by atoms with E-state index in [2.05, 4.69) is 15.6 Å². The van der Waals surface area contributed by atoms with Gasteiger partial charge < -0.3 is 24.6 Å². The fraction of sp³-hybridized carbons (Fsp3) is 0.0938. The van der Waals surface area contributed by atoms with Crippen LogP contribution in [0.3, 0.4) is 0 Å². The lowest BCUT2D eigenvalue weighted by Gasteiger charge is -2.14. The summed E-state index contributed by atoms with van der Waals surface area (Å²) in [5, 5.41) is 15.2. The Kier molecular flexibility index (Phi) is 8.05. The molecular formula is C32H25N3O7. The normalized spacial score (nSPS) is 17.1. The number of fused-ring (bicyclic) bond motifs is 2. The van der Waals surface area contributed by atoms with E-state index in [0.29, 0.717) is 16.6 Å². The van der Waals surface area contributed by atoms with Gasteiger partial charge in [0.25, 0.3) is 5.91 Å². The molecule has 1 unspecified atom stereocenters. The van der Waals surface area contributed by atoms with E-state index in [4.69, 9.17) is 8.83 Å². The van der Waals surface area contributed by atoms with Crippen LogP contribution in [-0.4, -0.2) is 40.5 Å². The molecule has 10 nitrogen and oxygen atoms in total. The number of carboxylic acid groups (broad SMARTS) is 1. The second-order valence-corrected chi connectivity index (χ2v) is 9.43. The molecule has 0 saturated heterocycles. The van der Waals surface area contributed by atoms with Gasteiger partial charge in [-0.1, -0.05) is 54.7 Å². The number of carboxylic acids is 1. The minimum atomic E-state index is -1.39. The molecule has 2 amide bonds. The molecule has 0 bridgehead atoms. The molecule has 1 aliphatic rings. The van der Waals surface area contributed by atoms with Crippen LogP contribution in [0.5, 0.6) is 0 Å². The summed E-state index contributed by atoms with van der Waals surface area (Å²) in [6.45, 7) is 1.55. The predicted molar refractivity (Wildman–Crippen MR) is 157 cm³/mol. The van der Waals surface area contributed by atoms with Crippen molar-refractivity contribution in [1.29, 1.82) is 0 Å². The maximum absolute atomic E-state index is 12.9. The molecule has 1 atom stereocenters. The van der Waals surface area contributed by atoms with Crippen LogP contribution in [-0.2, 0) is 9.59 Å². The number of aromatic nitrogens is 1. The number of aryl methyl sites for hydroxylation is 1. The van der Waals surface area contributed by atoms with E-state index in [1.165, 1.54) is 24.3 Å². The molecule has 10 heteroatoms. The number of carbonyl (C=O) groups is 3. The molecule has 3 N–H and O–H groups in total. The Bertz CT molecular complexity index is 1920. The van der Waals surface area contributed by atoms with Crippen molar-refractivity contribution >= 4 is 39.9 Å². The molecule has 0 fully saturated rings. The van der Waals surface area contributed by atoms with E-state index in [0.717, 1.165) is 11.1 Å². The van der Waals surface area contributed by atoms with Crippen LogP contribution in [0.4, 0.5) is 0 Å². The zero-order valence-electron chi connectivity index (χ0n) is 22.4. The molecule has 0 aliphatic heterocycles. The van der Waals surface area contributed by atoms with Crippen molar-refractivity contribution in [3.63, 3.8) is 0 Å². The lowest BCUT2D eigenvalue weighted by atomic mass is 10.1. The summed E-state index contributed by atoms with van der Waals surface area (Å²) in [5.41, 5.74) is 2.39. The average molecular weight is 564 g/mol. The first-order valence-corrected chi connectivity index (χ1v) is 12.9. The maximum Gasteiger partial charge on any atom is 0.349 e. The molecule has 210 valence electrons. The van der Waals surface area contributed by atoms with Gasteiger partial charge in [-0.15, -0.1) is 0 Å². The SMILES string of the molecule is Cc1ccc2cc(-c3nc4cc(C(=O)NC(CNC(=O)/C=C/C5=C\C=C/C=C/C=C\5)C(=O)O)ccc4o3)c(=O)oc2c1. The van der Waals surface area contributed by atoms with Gasteiger partial charge in [-0.2, -0.15) is 0 Å². The van der Waals surface area contributed by atoms with Crippen molar-refractivity contribution < 1.29 is 28.3 Å². The third-order valence-electron chi connectivity index (χ3n) is 6.30. The second-order valence-electron chi connectivity index (χ2n) is 9.43. The van der Waals surface area contributed by atoms with Crippen molar-refractivity contribution in [2.45, 2.75) is 13.0 Å². The zero-order chi connectivity index (χ0) is 29.6. The van der Waals surface area contributed by atoms with E-state index in [1.807, 2.05) is 61.6 Å². The van der Waals surface area contributed by atoms with Crippen LogP contribution in [0.2, 0.25) is 0 Å². The Morgan fingerprint density at radius 1 is 0.976 bits per heavy atom. The largest absolute Gasteiger partial charge is 0.480 e. The summed E-state index contributed by atoms with van der Waals surface area (Å²) < 4.78 is 11.2. The van der Waals surface area contributed by atoms with Crippen LogP contribution in [0.25, 0.3) is 33.5 Å². The Morgan fingerprint density at radius 2 is 1.79 bits per heavy atom. The highest BCUT2D eigenvalue weighted by molar-refractivity contribution is 5.99. The van der Waals surface area contributed by atoms with Crippen molar-refractivity contribution in [3.8, 4) is 11.5 Å². The molecule has 0 spiro atoms. The van der Waals surface area contributed by atoms with Gasteiger partial charge in [0.15, 0.2) is 5.58 Å². The van der Waals surface area contributed by atoms with Crippen LogP contribution in [0, 0.1) is 6.92 Å². The third kappa shape index (κ3) is 6.50. The van der Waals surface area contributed by atoms with Gasteiger partial charge in [0, 0.05) is 23.6 Å². The van der Waals surface area contributed by atoms with Crippen LogP contribution in [0.1, 0.15) is 15.9 Å². The molecule has 4 aromatic rings. The molecule has 1 aliphatic carbocycles. The van der Waals surface area contributed by atoms with Gasteiger partial charge in [0.1, 0.15) is 22.7 Å². The zero-order valence-corrected chi connectivity index (χ0v) is 22.4. The molecule has 5 rings (SSSR count). The number of allylic oxidation sites excluding steroid dienone is 9. The molecule has 0 radical (unpaired) electrons. The Balaban J connectivity index is 1.27. The standard InChI is InChI=1S/C32H25N3O7/c1-19-9-11-21-16-23(32(40)42-27(21)15-19)30-35-24-17-22(12-13-26(24)41-30)29(37)34-25(31(38)39)18-33-28(36)14-10-20-7-5-3-2-4-6-8-20/h2-17,25H,18H2,1H3,(H,33,36)(H,34,37)(H,38,39)/b3-2+,4-2?,5-3?,6-4-,7-5-,8-6?,14-10+,20-7?,20-8-. The number of rotatable bonds is 8. The summed E-state index contributed by atoms with van der Waals surface area (Å²) in [7, 11) is 0. The van der Waals surface area contributed by atoms with Gasteiger partial charge in [0.2, 0.25) is 11.8 Å². The van der Waals surface area contributed by atoms with Crippen molar-refractivity contribution in [2.75, 3.05) is 6.54 Å². The first-order chi connectivity index (χ1) is 20.3. The number of hydrogen-bond donors (Lipinski definition) is 3. The fourth-order valence-corrected chi connectivity index (χ4v) is 4.12. The second kappa shape index (κ2) is 12.2. The van der Waals surface area contributed by atoms with Crippen molar-refractivity contribution in [3.05, 3.63) is 124 Å². The summed E-state index contributed by atoms with van der Waals surface area (Å²) in [6.07, 6.45) is 15.7. The van der Waals surface area contributed by atoms with Crippen LogP contribution >= 0.6 is 0 Å². The maximum atomic E-state index is 12.9. The predicted octanol–water partition coefficient (Wildman–Crippen LogP) is 4.37.